The lowest BCUT2D eigenvalue weighted by molar-refractivity contribution is 0.540. The van der Waals surface area contributed by atoms with Gasteiger partial charge in [0.05, 0.1) is 12.4 Å². The Balaban J connectivity index is 1.71. The van der Waals surface area contributed by atoms with Crippen LogP contribution in [0.2, 0.25) is 0 Å². The fraction of sp³-hybridized carbons (Fsp3) is 0.947. The van der Waals surface area contributed by atoms with Gasteiger partial charge in [0.2, 0.25) is 0 Å². The number of rotatable bonds is 14. The Morgan fingerprint density at radius 1 is 0.810 bits per heavy atom. The van der Waals surface area contributed by atoms with E-state index in [1.807, 2.05) is 0 Å². The van der Waals surface area contributed by atoms with E-state index in [0.717, 1.165) is 6.54 Å². The number of hydrogen-bond donors (Lipinski definition) is 1. The van der Waals surface area contributed by atoms with Crippen LogP contribution in [0.3, 0.4) is 0 Å². The average molecular weight is 295 g/mol. The molecule has 1 atom stereocenters. The molecule has 1 heterocycles. The third kappa shape index (κ3) is 10.8. The summed E-state index contributed by atoms with van der Waals surface area (Å²) in [5.41, 5.74) is 0. The molecule has 0 aromatic heterocycles. The molecule has 1 aliphatic rings. The van der Waals surface area contributed by atoms with Gasteiger partial charge in [0, 0.05) is 12.5 Å². The number of hydrogen-bond acceptors (Lipinski definition) is 2. The second-order valence-electron chi connectivity index (χ2n) is 6.83. The molecule has 2 heteroatoms. The van der Waals surface area contributed by atoms with Crippen LogP contribution in [0, 0.1) is 0 Å². The molecule has 0 fully saturated rings. The zero-order valence-electron chi connectivity index (χ0n) is 14.6. The molecular formula is C19H38N2. The molecule has 1 N–H and O–H groups in total. The first-order valence-electron chi connectivity index (χ1n) is 9.62. The van der Waals surface area contributed by atoms with Gasteiger partial charge in [-0.15, -0.1) is 0 Å². The molecule has 1 rings (SSSR count). The van der Waals surface area contributed by atoms with Crippen molar-refractivity contribution in [1.82, 2.24) is 5.32 Å². The summed E-state index contributed by atoms with van der Waals surface area (Å²) in [6.45, 7) is 5.48. The monoisotopic (exact) mass is 294 g/mol. The van der Waals surface area contributed by atoms with Gasteiger partial charge in [0.25, 0.3) is 0 Å². The predicted molar refractivity (Wildman–Crippen MR) is 95.2 cm³/mol. The topological polar surface area (TPSA) is 24.4 Å². The van der Waals surface area contributed by atoms with Gasteiger partial charge in [-0.05, 0) is 13.3 Å². The van der Waals surface area contributed by atoms with Gasteiger partial charge in [-0.2, -0.15) is 0 Å². The Kier molecular flexibility index (Phi) is 11.6. The molecule has 0 aliphatic carbocycles. The predicted octanol–water partition coefficient (Wildman–Crippen LogP) is 5.86. The third-order valence-electron chi connectivity index (χ3n) is 4.49. The highest BCUT2D eigenvalue weighted by Gasteiger charge is 2.10. The highest BCUT2D eigenvalue weighted by atomic mass is 15.1. The Bertz CT molecular complexity index is 260. The van der Waals surface area contributed by atoms with Crippen molar-refractivity contribution in [3.8, 4) is 0 Å². The molecule has 0 spiro atoms. The summed E-state index contributed by atoms with van der Waals surface area (Å²) in [7, 11) is 0. The molecule has 1 unspecified atom stereocenters. The van der Waals surface area contributed by atoms with E-state index < -0.39 is 0 Å². The first-order chi connectivity index (χ1) is 10.3. The fourth-order valence-corrected chi connectivity index (χ4v) is 3.08. The molecule has 0 aromatic carbocycles. The lowest BCUT2D eigenvalue weighted by atomic mass is 10.0. The number of amidine groups is 1. The summed E-state index contributed by atoms with van der Waals surface area (Å²) in [5.74, 6) is 1.26. The maximum absolute atomic E-state index is 4.52. The van der Waals surface area contributed by atoms with E-state index in [9.17, 15) is 0 Å². The van der Waals surface area contributed by atoms with E-state index in [4.69, 9.17) is 0 Å². The summed E-state index contributed by atoms with van der Waals surface area (Å²) in [5, 5.41) is 3.45. The molecule has 0 bridgehead atoms. The zero-order valence-corrected chi connectivity index (χ0v) is 14.6. The van der Waals surface area contributed by atoms with Crippen LogP contribution < -0.4 is 5.32 Å². The number of nitrogens with zero attached hydrogens (tertiary/aromatic N) is 1. The molecule has 0 radical (unpaired) electrons. The summed E-state index contributed by atoms with van der Waals surface area (Å²) in [6.07, 6.45) is 19.7. The largest absolute Gasteiger partial charge is 0.370 e. The fourth-order valence-electron chi connectivity index (χ4n) is 3.08. The average Bonchev–Trinajstić information content (AvgIpc) is 2.89. The summed E-state index contributed by atoms with van der Waals surface area (Å²) < 4.78 is 0. The molecular weight excluding hydrogens is 256 g/mol. The minimum atomic E-state index is 0.571. The van der Waals surface area contributed by atoms with Crippen LogP contribution in [-0.4, -0.2) is 18.4 Å². The van der Waals surface area contributed by atoms with Gasteiger partial charge in [-0.1, -0.05) is 84.0 Å². The molecule has 124 valence electrons. The molecule has 0 saturated heterocycles. The molecule has 1 aliphatic heterocycles. The molecule has 2 nitrogen and oxygen atoms in total. The van der Waals surface area contributed by atoms with Crippen LogP contribution in [0.25, 0.3) is 0 Å². The quantitative estimate of drug-likeness (QED) is 0.399. The Morgan fingerprint density at radius 2 is 1.29 bits per heavy atom. The lowest BCUT2D eigenvalue weighted by Crippen LogP contribution is -2.26. The minimum absolute atomic E-state index is 0.571. The Hall–Kier alpha value is -0.530. The Morgan fingerprint density at radius 3 is 1.71 bits per heavy atom. The number of aliphatic imine (C=N–C) groups is 1. The highest BCUT2D eigenvalue weighted by Crippen LogP contribution is 2.13. The van der Waals surface area contributed by atoms with Gasteiger partial charge >= 0.3 is 0 Å². The van der Waals surface area contributed by atoms with Crippen LogP contribution in [0.4, 0.5) is 0 Å². The van der Waals surface area contributed by atoms with Crippen LogP contribution >= 0.6 is 0 Å². The van der Waals surface area contributed by atoms with E-state index >= 15 is 0 Å². The normalized spacial score (nSPS) is 17.8. The molecule has 0 aromatic rings. The smallest absolute Gasteiger partial charge is 0.0966 e. The zero-order chi connectivity index (χ0) is 15.2. The van der Waals surface area contributed by atoms with Crippen molar-refractivity contribution in [1.29, 1.82) is 0 Å². The van der Waals surface area contributed by atoms with E-state index in [1.165, 1.54) is 95.7 Å². The standard InChI is InChI=1S/C19H38N2/c1-3-4-5-6-7-8-9-10-11-12-13-14-15-16-19-20-17-18(2)21-19/h18H,3-17H2,1-2H3,(H,20,21). The van der Waals surface area contributed by atoms with E-state index in [1.54, 1.807) is 0 Å². The summed E-state index contributed by atoms with van der Waals surface area (Å²) in [6, 6.07) is 0.571. The highest BCUT2D eigenvalue weighted by molar-refractivity contribution is 5.83. The minimum Gasteiger partial charge on any atom is -0.370 e. The van der Waals surface area contributed by atoms with Crippen LogP contribution in [-0.2, 0) is 0 Å². The SMILES string of the molecule is CCCCCCCCCCCCCCCC1=NCC(C)N1. The first kappa shape index (κ1) is 18.5. The van der Waals surface area contributed by atoms with Crippen molar-refractivity contribution in [2.45, 2.75) is 110 Å². The van der Waals surface area contributed by atoms with Crippen molar-refractivity contribution in [3.05, 3.63) is 0 Å². The van der Waals surface area contributed by atoms with Crippen molar-refractivity contribution in [2.24, 2.45) is 4.99 Å². The molecule has 0 saturated carbocycles. The van der Waals surface area contributed by atoms with Gasteiger partial charge < -0.3 is 5.32 Å². The second-order valence-corrected chi connectivity index (χ2v) is 6.83. The molecule has 21 heavy (non-hydrogen) atoms. The van der Waals surface area contributed by atoms with Gasteiger partial charge in [-0.3, -0.25) is 4.99 Å². The van der Waals surface area contributed by atoms with Gasteiger partial charge in [0.15, 0.2) is 0 Å². The Labute approximate surface area is 133 Å². The summed E-state index contributed by atoms with van der Waals surface area (Å²) >= 11 is 0. The first-order valence-corrected chi connectivity index (χ1v) is 9.62. The van der Waals surface area contributed by atoms with E-state index in [2.05, 4.69) is 24.2 Å². The maximum atomic E-state index is 4.52. The lowest BCUT2D eigenvalue weighted by Gasteiger charge is -2.06. The van der Waals surface area contributed by atoms with Gasteiger partial charge in [0.1, 0.15) is 0 Å². The van der Waals surface area contributed by atoms with E-state index in [-0.39, 0.29) is 0 Å². The van der Waals surface area contributed by atoms with Crippen molar-refractivity contribution >= 4 is 5.84 Å². The van der Waals surface area contributed by atoms with Gasteiger partial charge in [-0.25, -0.2) is 0 Å². The molecule has 0 amide bonds. The maximum Gasteiger partial charge on any atom is 0.0966 e. The number of nitrogens with one attached hydrogen (secondary N) is 1. The van der Waals surface area contributed by atoms with Crippen LogP contribution in [0.1, 0.15) is 104 Å². The van der Waals surface area contributed by atoms with Crippen molar-refractivity contribution in [2.75, 3.05) is 6.54 Å². The second kappa shape index (κ2) is 13.2. The van der Waals surface area contributed by atoms with Crippen LogP contribution in [0.5, 0.6) is 0 Å². The number of unbranched alkanes of at least 4 members (excludes halogenated alkanes) is 12. The van der Waals surface area contributed by atoms with Crippen molar-refractivity contribution < 1.29 is 0 Å². The third-order valence-corrected chi connectivity index (χ3v) is 4.49. The van der Waals surface area contributed by atoms with Crippen LogP contribution in [0.15, 0.2) is 4.99 Å². The summed E-state index contributed by atoms with van der Waals surface area (Å²) in [4.78, 5) is 4.52. The van der Waals surface area contributed by atoms with E-state index in [0.29, 0.717) is 6.04 Å². The van der Waals surface area contributed by atoms with Crippen molar-refractivity contribution in [3.63, 3.8) is 0 Å².